The average molecular weight is 453 g/mol. The molecule has 8 heteroatoms. The molecule has 0 unspecified atom stereocenters. The van der Waals surface area contributed by atoms with Gasteiger partial charge in [0, 0.05) is 33.0 Å². The van der Waals surface area contributed by atoms with Crippen LogP contribution in [-0.2, 0) is 14.4 Å². The molecule has 8 nitrogen and oxygen atoms in total. The molecule has 3 N–H and O–H groups in total. The molecule has 0 aromatic rings. The number of nitrogens with zero attached hydrogens (tertiary/aromatic N) is 2. The van der Waals surface area contributed by atoms with Gasteiger partial charge in [0.15, 0.2) is 0 Å². The minimum absolute atomic E-state index is 0.0722. The Bertz CT molecular complexity index is 578. The van der Waals surface area contributed by atoms with Gasteiger partial charge in [-0.05, 0) is 26.2 Å². The van der Waals surface area contributed by atoms with Gasteiger partial charge in [0.2, 0.25) is 5.91 Å². The Labute approximate surface area is 193 Å². The molecule has 1 amide bonds. The number of carbonyl (C=O) groups excluding carboxylic acids is 2. The molecule has 1 atom stereocenters. The van der Waals surface area contributed by atoms with Gasteiger partial charge in [-0.2, -0.15) is 5.10 Å². The number of amides is 1. The molecule has 0 saturated carbocycles. The zero-order chi connectivity index (χ0) is 24.0. The SMILES string of the molecule is C=NNC(CCCCCCCCCCCCCCC(=O)N[C@@H](CCC(C)=O)C(=O)O)=NC. The highest BCUT2D eigenvalue weighted by atomic mass is 16.4. The highest BCUT2D eigenvalue weighted by Gasteiger charge is 2.19. The van der Waals surface area contributed by atoms with Gasteiger partial charge in [-0.1, -0.05) is 64.2 Å². The monoisotopic (exact) mass is 452 g/mol. The maximum atomic E-state index is 11.9. The Morgan fingerprint density at radius 1 is 0.812 bits per heavy atom. The van der Waals surface area contributed by atoms with Crippen LogP contribution in [0.15, 0.2) is 10.1 Å². The number of nitrogens with one attached hydrogen (secondary N) is 2. The lowest BCUT2D eigenvalue weighted by molar-refractivity contribution is -0.142. The summed E-state index contributed by atoms with van der Waals surface area (Å²) in [6.45, 7) is 4.83. The minimum Gasteiger partial charge on any atom is -0.480 e. The second kappa shape index (κ2) is 20.6. The molecule has 0 saturated heterocycles. The fourth-order valence-corrected chi connectivity index (χ4v) is 3.53. The van der Waals surface area contributed by atoms with Crippen LogP contribution >= 0.6 is 0 Å². The number of carboxylic acids is 1. The summed E-state index contributed by atoms with van der Waals surface area (Å²) < 4.78 is 0. The number of ketones is 1. The van der Waals surface area contributed by atoms with E-state index in [1.54, 1.807) is 7.05 Å². The molecule has 0 radical (unpaired) electrons. The van der Waals surface area contributed by atoms with Crippen molar-refractivity contribution in [2.24, 2.45) is 10.1 Å². The molecule has 0 fully saturated rings. The van der Waals surface area contributed by atoms with Gasteiger partial charge >= 0.3 is 5.97 Å². The second-order valence-corrected chi connectivity index (χ2v) is 8.38. The molecule has 0 spiro atoms. The van der Waals surface area contributed by atoms with E-state index in [-0.39, 0.29) is 24.5 Å². The molecule has 0 bridgehead atoms. The van der Waals surface area contributed by atoms with Gasteiger partial charge in [-0.3, -0.25) is 15.2 Å². The highest BCUT2D eigenvalue weighted by Crippen LogP contribution is 2.13. The number of unbranched alkanes of at least 4 members (excludes halogenated alkanes) is 11. The summed E-state index contributed by atoms with van der Waals surface area (Å²) in [6, 6.07) is -0.972. The zero-order valence-electron chi connectivity index (χ0n) is 20.2. The van der Waals surface area contributed by atoms with Crippen molar-refractivity contribution in [2.45, 2.75) is 116 Å². The van der Waals surface area contributed by atoms with E-state index in [0.29, 0.717) is 6.42 Å². The molecule has 0 aliphatic rings. The second-order valence-electron chi connectivity index (χ2n) is 8.38. The lowest BCUT2D eigenvalue weighted by atomic mass is 10.0. The van der Waals surface area contributed by atoms with Gasteiger partial charge in [0.1, 0.15) is 17.7 Å². The van der Waals surface area contributed by atoms with E-state index in [9.17, 15) is 14.4 Å². The standard InChI is InChI=1S/C24H44N4O4/c1-20(29)18-19-21(24(31)32)27-23(30)17-15-13-11-9-7-5-4-6-8-10-12-14-16-22(25-2)28-26-3/h21H,3-19H2,1-2H3,(H,25,28)(H,27,30)(H,31,32)/t21-/m0/s1. The first kappa shape index (κ1) is 29.8. The predicted molar refractivity (Wildman–Crippen MR) is 130 cm³/mol. The number of hydrazone groups is 1. The third-order valence-electron chi connectivity index (χ3n) is 5.46. The Balaban J connectivity index is 3.51. The van der Waals surface area contributed by atoms with E-state index in [1.807, 2.05) is 0 Å². The van der Waals surface area contributed by atoms with Crippen LogP contribution in [0.2, 0.25) is 0 Å². The van der Waals surface area contributed by atoms with Crippen LogP contribution in [0.25, 0.3) is 0 Å². The fourth-order valence-electron chi connectivity index (χ4n) is 3.53. The van der Waals surface area contributed by atoms with Gasteiger partial charge in [0.25, 0.3) is 0 Å². The Kier molecular flexibility index (Phi) is 19.2. The Morgan fingerprint density at radius 2 is 1.28 bits per heavy atom. The number of hydrogen-bond donors (Lipinski definition) is 3. The normalized spacial score (nSPS) is 12.2. The number of carboxylic acid groups (broad SMARTS) is 1. The summed E-state index contributed by atoms with van der Waals surface area (Å²) in [5, 5.41) is 15.3. The van der Waals surface area contributed by atoms with E-state index in [0.717, 1.165) is 37.9 Å². The first-order chi connectivity index (χ1) is 15.4. The largest absolute Gasteiger partial charge is 0.480 e. The molecule has 0 heterocycles. The quantitative estimate of drug-likeness (QED) is 0.102. The molecule has 0 aliphatic heterocycles. The summed E-state index contributed by atoms with van der Waals surface area (Å²) in [6.07, 6.45) is 15.6. The molecule has 0 aliphatic carbocycles. The summed E-state index contributed by atoms with van der Waals surface area (Å²) >= 11 is 0. The van der Waals surface area contributed by atoms with Gasteiger partial charge in [-0.25, -0.2) is 4.79 Å². The maximum Gasteiger partial charge on any atom is 0.326 e. The fraction of sp³-hybridized carbons (Fsp3) is 0.792. The summed E-state index contributed by atoms with van der Waals surface area (Å²) in [4.78, 5) is 38.2. The third-order valence-corrected chi connectivity index (χ3v) is 5.46. The molecule has 184 valence electrons. The van der Waals surface area contributed by atoms with E-state index < -0.39 is 12.0 Å². The van der Waals surface area contributed by atoms with E-state index in [4.69, 9.17) is 5.11 Å². The molecule has 0 aromatic heterocycles. The number of Topliss-reactive ketones (excluding diaryl/α,β-unsaturated/α-hetero) is 1. The van der Waals surface area contributed by atoms with Gasteiger partial charge < -0.3 is 15.2 Å². The number of amidine groups is 1. The smallest absolute Gasteiger partial charge is 0.326 e. The first-order valence-corrected chi connectivity index (χ1v) is 12.1. The predicted octanol–water partition coefficient (Wildman–Crippen LogP) is 4.62. The third kappa shape index (κ3) is 18.5. The van der Waals surface area contributed by atoms with Gasteiger partial charge in [0.05, 0.1) is 0 Å². The zero-order valence-corrected chi connectivity index (χ0v) is 20.2. The average Bonchev–Trinajstić information content (AvgIpc) is 2.75. The number of aliphatic carboxylic acids is 1. The lowest BCUT2D eigenvalue weighted by Crippen LogP contribution is -2.40. The van der Waals surface area contributed by atoms with E-state index in [2.05, 4.69) is 27.6 Å². The van der Waals surface area contributed by atoms with Crippen molar-refractivity contribution in [1.29, 1.82) is 0 Å². The first-order valence-electron chi connectivity index (χ1n) is 12.1. The molecule has 0 aromatic carbocycles. The molecule has 32 heavy (non-hydrogen) atoms. The van der Waals surface area contributed by atoms with Gasteiger partial charge in [-0.15, -0.1) is 0 Å². The lowest BCUT2D eigenvalue weighted by Gasteiger charge is -2.13. The highest BCUT2D eigenvalue weighted by molar-refractivity contribution is 5.84. The number of aliphatic imine (C=N–C) groups is 1. The molecular formula is C24H44N4O4. The van der Waals surface area contributed by atoms with Crippen LogP contribution in [-0.4, -0.2) is 48.4 Å². The van der Waals surface area contributed by atoms with Crippen molar-refractivity contribution in [1.82, 2.24) is 10.7 Å². The van der Waals surface area contributed by atoms with Crippen molar-refractivity contribution in [3.8, 4) is 0 Å². The Hall–Kier alpha value is -2.25. The van der Waals surface area contributed by atoms with Crippen LogP contribution in [0.5, 0.6) is 0 Å². The van der Waals surface area contributed by atoms with Crippen molar-refractivity contribution in [3.05, 3.63) is 0 Å². The van der Waals surface area contributed by atoms with Crippen molar-refractivity contribution in [2.75, 3.05) is 7.05 Å². The van der Waals surface area contributed by atoms with Crippen LogP contribution < -0.4 is 10.7 Å². The maximum absolute atomic E-state index is 11.9. The van der Waals surface area contributed by atoms with Crippen molar-refractivity contribution >= 4 is 30.2 Å². The summed E-state index contributed by atoms with van der Waals surface area (Å²) in [5.74, 6) is -0.502. The number of hydrogen-bond acceptors (Lipinski definition) is 5. The Morgan fingerprint density at radius 3 is 1.69 bits per heavy atom. The van der Waals surface area contributed by atoms with Crippen LogP contribution in [0.3, 0.4) is 0 Å². The number of rotatable bonds is 21. The van der Waals surface area contributed by atoms with E-state index >= 15 is 0 Å². The molecular weight excluding hydrogens is 408 g/mol. The topological polar surface area (TPSA) is 120 Å². The van der Waals surface area contributed by atoms with Crippen molar-refractivity contribution < 1.29 is 19.5 Å². The molecule has 0 rings (SSSR count). The van der Waals surface area contributed by atoms with Crippen LogP contribution in [0.1, 0.15) is 110 Å². The van der Waals surface area contributed by atoms with E-state index in [1.165, 1.54) is 58.3 Å². The number of carbonyl (C=O) groups is 3. The summed E-state index contributed by atoms with van der Waals surface area (Å²) in [5.41, 5.74) is 2.81. The van der Waals surface area contributed by atoms with Crippen LogP contribution in [0.4, 0.5) is 0 Å². The minimum atomic E-state index is -1.09. The van der Waals surface area contributed by atoms with Crippen molar-refractivity contribution in [3.63, 3.8) is 0 Å². The van der Waals surface area contributed by atoms with Crippen LogP contribution in [0, 0.1) is 0 Å². The summed E-state index contributed by atoms with van der Waals surface area (Å²) in [7, 11) is 1.77.